The fraction of sp³-hybridized carbons (Fsp3) is 0.667. The van der Waals surface area contributed by atoms with Crippen molar-refractivity contribution in [3.8, 4) is 0 Å². The molecule has 0 aliphatic heterocycles. The number of carboxylic acid groups (broad SMARTS) is 2. The van der Waals surface area contributed by atoms with Crippen molar-refractivity contribution in [1.29, 1.82) is 0 Å². The van der Waals surface area contributed by atoms with Crippen molar-refractivity contribution < 1.29 is 19.8 Å². The lowest BCUT2D eigenvalue weighted by Crippen LogP contribution is -2.20. The first-order valence-corrected chi connectivity index (χ1v) is 5.51. The van der Waals surface area contributed by atoms with Gasteiger partial charge in [0, 0.05) is 5.57 Å². The molecule has 1 unspecified atom stereocenters. The van der Waals surface area contributed by atoms with E-state index in [4.69, 9.17) is 10.2 Å². The molecule has 0 heterocycles. The summed E-state index contributed by atoms with van der Waals surface area (Å²) in [5, 5.41) is 17.6. The van der Waals surface area contributed by atoms with Crippen LogP contribution in [0.1, 0.15) is 39.5 Å². The molecule has 0 spiro atoms. The molecule has 16 heavy (non-hydrogen) atoms. The summed E-state index contributed by atoms with van der Waals surface area (Å²) < 4.78 is 0. The van der Waals surface area contributed by atoms with Crippen molar-refractivity contribution in [2.45, 2.75) is 39.5 Å². The van der Waals surface area contributed by atoms with Gasteiger partial charge in [0.15, 0.2) is 0 Å². The molecule has 1 atom stereocenters. The van der Waals surface area contributed by atoms with Gasteiger partial charge in [0.05, 0.1) is 5.92 Å². The summed E-state index contributed by atoms with van der Waals surface area (Å²) in [5.41, 5.74) is -0.225. The zero-order valence-electron chi connectivity index (χ0n) is 9.90. The van der Waals surface area contributed by atoms with Crippen LogP contribution in [0.4, 0.5) is 0 Å². The van der Waals surface area contributed by atoms with E-state index in [0.29, 0.717) is 12.3 Å². The highest BCUT2D eigenvalue weighted by molar-refractivity contribution is 5.93. The normalized spacial score (nSPS) is 12.4. The Bertz CT molecular complexity index is 268. The first-order valence-electron chi connectivity index (χ1n) is 5.51. The van der Waals surface area contributed by atoms with Gasteiger partial charge in [-0.15, -0.1) is 0 Å². The van der Waals surface area contributed by atoms with Gasteiger partial charge in [-0.2, -0.15) is 0 Å². The molecule has 0 amide bonds. The van der Waals surface area contributed by atoms with E-state index in [-0.39, 0.29) is 5.57 Å². The fourth-order valence-electron chi connectivity index (χ4n) is 1.50. The third kappa shape index (κ3) is 5.53. The summed E-state index contributed by atoms with van der Waals surface area (Å²) in [7, 11) is 0. The molecule has 4 heteroatoms. The van der Waals surface area contributed by atoms with Crippen molar-refractivity contribution in [2.75, 3.05) is 0 Å². The van der Waals surface area contributed by atoms with E-state index in [1.165, 1.54) is 0 Å². The minimum Gasteiger partial charge on any atom is -0.481 e. The van der Waals surface area contributed by atoms with Gasteiger partial charge in [-0.05, 0) is 12.3 Å². The SMILES string of the molecule is C=C(C(=O)O)C(CCCCC(C)C)C(=O)O. The molecule has 0 rings (SSSR count). The Morgan fingerprint density at radius 1 is 1.12 bits per heavy atom. The van der Waals surface area contributed by atoms with Crippen LogP contribution < -0.4 is 0 Å². The summed E-state index contributed by atoms with van der Waals surface area (Å²) in [4.78, 5) is 21.5. The zero-order chi connectivity index (χ0) is 12.7. The molecular formula is C12H20O4. The van der Waals surface area contributed by atoms with Crippen LogP contribution in [0.3, 0.4) is 0 Å². The van der Waals surface area contributed by atoms with E-state index >= 15 is 0 Å². The van der Waals surface area contributed by atoms with E-state index in [1.807, 2.05) is 0 Å². The van der Waals surface area contributed by atoms with E-state index in [0.717, 1.165) is 19.3 Å². The monoisotopic (exact) mass is 228 g/mol. The molecule has 0 saturated heterocycles. The summed E-state index contributed by atoms with van der Waals surface area (Å²) in [6.45, 7) is 7.51. The van der Waals surface area contributed by atoms with Gasteiger partial charge in [0.1, 0.15) is 0 Å². The van der Waals surface area contributed by atoms with Gasteiger partial charge in [0.2, 0.25) is 0 Å². The zero-order valence-corrected chi connectivity index (χ0v) is 9.90. The topological polar surface area (TPSA) is 74.6 Å². The lowest BCUT2D eigenvalue weighted by atomic mass is 9.93. The second kappa shape index (κ2) is 7.04. The molecule has 0 saturated carbocycles. The van der Waals surface area contributed by atoms with Crippen LogP contribution in [0, 0.1) is 11.8 Å². The second-order valence-corrected chi connectivity index (χ2v) is 4.40. The third-order valence-corrected chi connectivity index (χ3v) is 2.52. The Morgan fingerprint density at radius 3 is 2.00 bits per heavy atom. The number of hydrogen-bond acceptors (Lipinski definition) is 2. The van der Waals surface area contributed by atoms with Gasteiger partial charge in [0.25, 0.3) is 0 Å². The summed E-state index contributed by atoms with van der Waals surface area (Å²) in [5.74, 6) is -2.69. The predicted molar refractivity (Wildman–Crippen MR) is 61.2 cm³/mol. The minimum absolute atomic E-state index is 0.225. The maximum absolute atomic E-state index is 10.8. The molecule has 0 bridgehead atoms. The van der Waals surface area contributed by atoms with Crippen LogP contribution >= 0.6 is 0 Å². The maximum atomic E-state index is 10.8. The fourth-order valence-corrected chi connectivity index (χ4v) is 1.50. The van der Waals surface area contributed by atoms with Crippen LogP contribution in [0.15, 0.2) is 12.2 Å². The van der Waals surface area contributed by atoms with Crippen molar-refractivity contribution in [2.24, 2.45) is 11.8 Å². The lowest BCUT2D eigenvalue weighted by Gasteiger charge is -2.12. The summed E-state index contributed by atoms with van der Waals surface area (Å²) in [6.07, 6.45) is 3.04. The molecule has 0 aliphatic rings. The Morgan fingerprint density at radius 2 is 1.62 bits per heavy atom. The van der Waals surface area contributed by atoms with Crippen LogP contribution in [0.25, 0.3) is 0 Å². The largest absolute Gasteiger partial charge is 0.481 e. The van der Waals surface area contributed by atoms with E-state index in [2.05, 4.69) is 20.4 Å². The average Bonchev–Trinajstić information content (AvgIpc) is 2.15. The van der Waals surface area contributed by atoms with Gasteiger partial charge < -0.3 is 10.2 Å². The maximum Gasteiger partial charge on any atom is 0.331 e. The molecule has 0 radical (unpaired) electrons. The molecule has 0 aliphatic carbocycles. The van der Waals surface area contributed by atoms with Crippen LogP contribution in [-0.4, -0.2) is 22.2 Å². The number of carboxylic acids is 2. The van der Waals surface area contributed by atoms with Gasteiger partial charge in [-0.3, -0.25) is 4.79 Å². The number of unbranched alkanes of at least 4 members (excludes halogenated alkanes) is 1. The van der Waals surface area contributed by atoms with Crippen molar-refractivity contribution in [3.63, 3.8) is 0 Å². The highest BCUT2D eigenvalue weighted by Crippen LogP contribution is 2.19. The van der Waals surface area contributed by atoms with Crippen LogP contribution in [0.5, 0.6) is 0 Å². The minimum atomic E-state index is -1.23. The average molecular weight is 228 g/mol. The Balaban J connectivity index is 4.11. The summed E-state index contributed by atoms with van der Waals surface area (Å²) in [6, 6.07) is 0. The van der Waals surface area contributed by atoms with Gasteiger partial charge in [-0.25, -0.2) is 4.79 Å². The Hall–Kier alpha value is -1.32. The van der Waals surface area contributed by atoms with E-state index < -0.39 is 17.9 Å². The highest BCUT2D eigenvalue weighted by atomic mass is 16.4. The summed E-state index contributed by atoms with van der Waals surface area (Å²) >= 11 is 0. The first kappa shape index (κ1) is 14.7. The van der Waals surface area contributed by atoms with Crippen molar-refractivity contribution >= 4 is 11.9 Å². The molecule has 0 fully saturated rings. The molecule has 4 nitrogen and oxygen atoms in total. The van der Waals surface area contributed by atoms with Crippen LogP contribution in [0.2, 0.25) is 0 Å². The highest BCUT2D eigenvalue weighted by Gasteiger charge is 2.24. The molecule has 0 aromatic carbocycles. The van der Waals surface area contributed by atoms with E-state index in [1.54, 1.807) is 0 Å². The Kier molecular flexibility index (Phi) is 6.46. The Labute approximate surface area is 96.0 Å². The molecule has 0 aromatic heterocycles. The van der Waals surface area contributed by atoms with E-state index in [9.17, 15) is 9.59 Å². The molecule has 92 valence electrons. The molecular weight excluding hydrogens is 208 g/mol. The number of aliphatic carboxylic acids is 2. The molecule has 0 aromatic rings. The molecule has 2 N–H and O–H groups in total. The van der Waals surface area contributed by atoms with Crippen LogP contribution in [-0.2, 0) is 9.59 Å². The lowest BCUT2D eigenvalue weighted by molar-refractivity contribution is -0.144. The first-order chi connectivity index (χ1) is 7.36. The van der Waals surface area contributed by atoms with Gasteiger partial charge in [-0.1, -0.05) is 39.7 Å². The van der Waals surface area contributed by atoms with Crippen molar-refractivity contribution in [1.82, 2.24) is 0 Å². The predicted octanol–water partition coefficient (Wildman–Crippen LogP) is 2.54. The van der Waals surface area contributed by atoms with Gasteiger partial charge >= 0.3 is 11.9 Å². The quantitative estimate of drug-likeness (QED) is 0.494. The van der Waals surface area contributed by atoms with Crippen molar-refractivity contribution in [3.05, 3.63) is 12.2 Å². The third-order valence-electron chi connectivity index (χ3n) is 2.52. The second-order valence-electron chi connectivity index (χ2n) is 4.40. The number of hydrogen-bond donors (Lipinski definition) is 2. The number of rotatable bonds is 8. The smallest absolute Gasteiger partial charge is 0.331 e. The number of carbonyl (C=O) groups is 2. The standard InChI is InChI=1S/C12H20O4/c1-8(2)6-4-5-7-10(12(15)16)9(3)11(13)14/h8,10H,3-7H2,1-2H3,(H,13,14)(H,15,16).